The van der Waals surface area contributed by atoms with Crippen LogP contribution in [-0.4, -0.2) is 50.6 Å². The number of likely N-dealkylation sites (tertiary alicyclic amines) is 1. The molecule has 166 valence electrons. The summed E-state index contributed by atoms with van der Waals surface area (Å²) in [6, 6.07) is 5.72. The second-order valence-electron chi connectivity index (χ2n) is 9.02. The van der Waals surface area contributed by atoms with Gasteiger partial charge in [-0.15, -0.1) is 0 Å². The number of nitrogens with zero attached hydrogens (tertiary/aromatic N) is 1. The third kappa shape index (κ3) is 5.08. The molecule has 0 spiro atoms. The van der Waals surface area contributed by atoms with Gasteiger partial charge in [0.15, 0.2) is 0 Å². The first-order valence-electron chi connectivity index (χ1n) is 11.2. The fourth-order valence-corrected chi connectivity index (χ4v) is 4.74. The minimum absolute atomic E-state index is 0.0280. The van der Waals surface area contributed by atoms with E-state index >= 15 is 0 Å². The van der Waals surface area contributed by atoms with E-state index in [0.29, 0.717) is 37.1 Å². The first kappa shape index (κ1) is 22.4. The Morgan fingerprint density at radius 1 is 1.13 bits per heavy atom. The van der Waals surface area contributed by atoms with Crippen LogP contribution < -0.4 is 14.8 Å². The Kier molecular flexibility index (Phi) is 7.62. The lowest BCUT2D eigenvalue weighted by atomic mass is 9.87. The number of hydrogen-bond donors (Lipinski definition) is 1. The van der Waals surface area contributed by atoms with Gasteiger partial charge in [-0.05, 0) is 31.2 Å². The van der Waals surface area contributed by atoms with Gasteiger partial charge >= 0.3 is 0 Å². The Hall–Kier alpha value is -2.24. The summed E-state index contributed by atoms with van der Waals surface area (Å²) < 4.78 is 10.9. The van der Waals surface area contributed by atoms with E-state index in [-0.39, 0.29) is 29.6 Å². The minimum atomic E-state index is -0.273. The summed E-state index contributed by atoms with van der Waals surface area (Å²) in [6.07, 6.45) is 5.13. The van der Waals surface area contributed by atoms with Crippen LogP contribution in [0.4, 0.5) is 0 Å². The molecular weight excluding hydrogens is 380 g/mol. The average Bonchev–Trinajstić information content (AvgIpc) is 3.42. The van der Waals surface area contributed by atoms with E-state index in [1.165, 1.54) is 0 Å². The van der Waals surface area contributed by atoms with Gasteiger partial charge in [-0.1, -0.05) is 32.8 Å². The van der Waals surface area contributed by atoms with Gasteiger partial charge in [0.25, 0.3) is 0 Å². The molecule has 1 aliphatic heterocycles. The Morgan fingerprint density at radius 3 is 2.50 bits per heavy atom. The molecular formula is C24H36N2O4. The highest BCUT2D eigenvalue weighted by atomic mass is 16.5. The van der Waals surface area contributed by atoms with Crippen molar-refractivity contribution < 1.29 is 19.1 Å². The third-order valence-corrected chi connectivity index (χ3v) is 6.53. The number of ether oxygens (including phenoxy) is 2. The van der Waals surface area contributed by atoms with Gasteiger partial charge in [-0.2, -0.15) is 0 Å². The molecule has 0 aromatic heterocycles. The number of nitrogens with one attached hydrogen (secondary N) is 1. The summed E-state index contributed by atoms with van der Waals surface area (Å²) in [5.74, 6) is 1.95. The van der Waals surface area contributed by atoms with Gasteiger partial charge in [0.05, 0.1) is 20.1 Å². The van der Waals surface area contributed by atoms with E-state index in [1.54, 1.807) is 14.2 Å². The lowest BCUT2D eigenvalue weighted by Gasteiger charge is -2.21. The molecule has 6 heteroatoms. The van der Waals surface area contributed by atoms with Crippen LogP contribution in [0.2, 0.25) is 0 Å². The average molecular weight is 417 g/mol. The molecule has 1 aromatic rings. The van der Waals surface area contributed by atoms with Crippen LogP contribution in [0, 0.1) is 17.8 Å². The molecule has 1 saturated heterocycles. The maximum absolute atomic E-state index is 13.1. The molecule has 0 unspecified atom stereocenters. The van der Waals surface area contributed by atoms with Gasteiger partial charge in [-0.25, -0.2) is 0 Å². The fourth-order valence-electron chi connectivity index (χ4n) is 4.74. The van der Waals surface area contributed by atoms with Crippen molar-refractivity contribution in [3.63, 3.8) is 0 Å². The zero-order valence-corrected chi connectivity index (χ0v) is 18.8. The van der Waals surface area contributed by atoms with Crippen LogP contribution in [0.25, 0.3) is 0 Å². The quantitative estimate of drug-likeness (QED) is 0.703. The number of hydrogen-bond acceptors (Lipinski definition) is 4. The van der Waals surface area contributed by atoms with Crippen LogP contribution >= 0.6 is 0 Å². The first-order valence-corrected chi connectivity index (χ1v) is 11.2. The van der Waals surface area contributed by atoms with Crippen LogP contribution in [0.3, 0.4) is 0 Å². The fraction of sp³-hybridized carbons (Fsp3) is 0.667. The van der Waals surface area contributed by atoms with Crippen molar-refractivity contribution in [3.05, 3.63) is 23.8 Å². The minimum Gasteiger partial charge on any atom is -0.497 e. The van der Waals surface area contributed by atoms with E-state index < -0.39 is 0 Å². The highest BCUT2D eigenvalue weighted by molar-refractivity contribution is 5.84. The molecule has 1 N–H and O–H groups in total. The van der Waals surface area contributed by atoms with E-state index in [2.05, 4.69) is 19.2 Å². The topological polar surface area (TPSA) is 67.9 Å². The predicted molar refractivity (Wildman–Crippen MR) is 117 cm³/mol. The SMILES string of the molecule is COc1ccc([C@H]2CN(C(=O)C3CCCC3)C[C@@H]2C(=O)NCCC(C)C)c(OC)c1. The Morgan fingerprint density at radius 2 is 1.87 bits per heavy atom. The van der Waals surface area contributed by atoms with Crippen molar-refractivity contribution in [2.75, 3.05) is 33.9 Å². The number of benzene rings is 1. The van der Waals surface area contributed by atoms with Crippen molar-refractivity contribution in [1.29, 1.82) is 0 Å². The highest BCUT2D eigenvalue weighted by Crippen LogP contribution is 2.40. The molecule has 1 aromatic carbocycles. The maximum Gasteiger partial charge on any atom is 0.225 e. The van der Waals surface area contributed by atoms with Crippen LogP contribution in [0.15, 0.2) is 18.2 Å². The van der Waals surface area contributed by atoms with Crippen LogP contribution in [0.5, 0.6) is 11.5 Å². The molecule has 30 heavy (non-hydrogen) atoms. The normalized spacial score (nSPS) is 21.8. The smallest absolute Gasteiger partial charge is 0.225 e. The van der Waals surface area contributed by atoms with E-state index in [0.717, 1.165) is 37.7 Å². The van der Waals surface area contributed by atoms with Crippen molar-refractivity contribution in [1.82, 2.24) is 10.2 Å². The van der Waals surface area contributed by atoms with Gasteiger partial charge in [0.1, 0.15) is 11.5 Å². The van der Waals surface area contributed by atoms with Crippen LogP contribution in [0.1, 0.15) is 57.4 Å². The predicted octanol–water partition coefficient (Wildman–Crippen LogP) is 3.60. The van der Waals surface area contributed by atoms with Gasteiger partial charge in [0.2, 0.25) is 11.8 Å². The molecule has 6 nitrogen and oxygen atoms in total. The monoisotopic (exact) mass is 416 g/mol. The van der Waals surface area contributed by atoms with Crippen molar-refractivity contribution in [3.8, 4) is 11.5 Å². The van der Waals surface area contributed by atoms with Crippen molar-refractivity contribution in [2.24, 2.45) is 17.8 Å². The molecule has 1 heterocycles. The Balaban J connectivity index is 1.82. The highest BCUT2D eigenvalue weighted by Gasteiger charge is 2.43. The zero-order valence-electron chi connectivity index (χ0n) is 18.8. The lowest BCUT2D eigenvalue weighted by molar-refractivity contribution is -0.134. The summed E-state index contributed by atoms with van der Waals surface area (Å²) in [4.78, 5) is 28.1. The molecule has 2 amide bonds. The summed E-state index contributed by atoms with van der Waals surface area (Å²) in [5.41, 5.74) is 0.962. The Labute approximate surface area is 180 Å². The van der Waals surface area contributed by atoms with Gasteiger partial charge in [-0.3, -0.25) is 9.59 Å². The number of carbonyl (C=O) groups excluding carboxylic acids is 2. The summed E-state index contributed by atoms with van der Waals surface area (Å²) >= 11 is 0. The second-order valence-corrected chi connectivity index (χ2v) is 9.02. The third-order valence-electron chi connectivity index (χ3n) is 6.53. The molecule has 0 radical (unpaired) electrons. The van der Waals surface area contributed by atoms with E-state index in [1.807, 2.05) is 23.1 Å². The standard InChI is InChI=1S/C24H36N2O4/c1-16(2)11-12-25-23(27)21-15-26(24(28)17-7-5-6-8-17)14-20(21)19-10-9-18(29-3)13-22(19)30-4/h9-10,13,16-17,20-21H,5-8,11-12,14-15H2,1-4H3,(H,25,27)/t20-,21+/m1/s1. The molecule has 0 bridgehead atoms. The number of carbonyl (C=O) groups is 2. The van der Waals surface area contributed by atoms with Crippen LogP contribution in [-0.2, 0) is 9.59 Å². The van der Waals surface area contributed by atoms with Gasteiger partial charge < -0.3 is 19.7 Å². The number of methoxy groups -OCH3 is 2. The second kappa shape index (κ2) is 10.2. The molecule has 3 rings (SSSR count). The number of amides is 2. The molecule has 1 saturated carbocycles. The largest absolute Gasteiger partial charge is 0.497 e. The lowest BCUT2D eigenvalue weighted by Crippen LogP contribution is -2.37. The maximum atomic E-state index is 13.1. The van der Waals surface area contributed by atoms with E-state index in [9.17, 15) is 9.59 Å². The van der Waals surface area contributed by atoms with E-state index in [4.69, 9.17) is 9.47 Å². The number of rotatable bonds is 8. The summed E-state index contributed by atoms with van der Waals surface area (Å²) in [5, 5.41) is 3.10. The van der Waals surface area contributed by atoms with Crippen molar-refractivity contribution >= 4 is 11.8 Å². The molecule has 2 fully saturated rings. The van der Waals surface area contributed by atoms with Gasteiger partial charge in [0, 0.05) is 43.1 Å². The molecule has 1 aliphatic carbocycles. The summed E-state index contributed by atoms with van der Waals surface area (Å²) in [6.45, 7) is 5.99. The molecule has 2 atom stereocenters. The zero-order chi connectivity index (χ0) is 21.7. The van der Waals surface area contributed by atoms with Crippen molar-refractivity contribution in [2.45, 2.75) is 51.9 Å². The first-order chi connectivity index (χ1) is 14.4. The Bertz CT molecular complexity index is 743. The molecule has 2 aliphatic rings. The summed E-state index contributed by atoms with van der Waals surface area (Å²) in [7, 11) is 3.25.